The lowest BCUT2D eigenvalue weighted by Gasteiger charge is -2.30. The summed E-state index contributed by atoms with van der Waals surface area (Å²) in [7, 11) is 0. The molecular weight excluding hydrogens is 351 g/mol. The van der Waals surface area contributed by atoms with Crippen molar-refractivity contribution in [2.75, 3.05) is 12.3 Å². The summed E-state index contributed by atoms with van der Waals surface area (Å²) in [6.07, 6.45) is 4.26. The molecule has 1 aromatic rings. The van der Waals surface area contributed by atoms with Gasteiger partial charge in [-0.3, -0.25) is 4.79 Å². The molecule has 0 bridgehead atoms. The van der Waals surface area contributed by atoms with Gasteiger partial charge in [0, 0.05) is 21.7 Å². The summed E-state index contributed by atoms with van der Waals surface area (Å²) in [4.78, 5) is 12.2. The van der Waals surface area contributed by atoms with Gasteiger partial charge < -0.3 is 5.32 Å². The molecule has 1 aliphatic rings. The fourth-order valence-corrected chi connectivity index (χ4v) is 4.81. The normalized spacial score (nSPS) is 20.7. The van der Waals surface area contributed by atoms with E-state index in [1.54, 1.807) is 17.8 Å². The molecule has 0 saturated heterocycles. The largest absolute Gasteiger partial charge is 0.343 e. The van der Waals surface area contributed by atoms with Crippen LogP contribution in [0, 0.1) is 23.2 Å². The Kier molecular flexibility index (Phi) is 7.55. The monoisotopic (exact) mass is 370 g/mol. The van der Waals surface area contributed by atoms with Gasteiger partial charge >= 0.3 is 0 Å². The van der Waals surface area contributed by atoms with Crippen molar-refractivity contribution in [3.05, 3.63) is 33.8 Å². The van der Waals surface area contributed by atoms with Gasteiger partial charge in [0.25, 0.3) is 0 Å². The molecule has 0 spiro atoms. The molecule has 1 fully saturated rings. The number of carbonyl (C=O) groups is 1. The molecule has 124 valence electrons. The smallest absolute Gasteiger partial charge is 0.224 e. The van der Waals surface area contributed by atoms with Crippen molar-refractivity contribution in [2.45, 2.75) is 31.4 Å². The minimum Gasteiger partial charge on any atom is -0.343 e. The Morgan fingerprint density at radius 1 is 1.35 bits per heavy atom. The first-order valence-electron chi connectivity index (χ1n) is 7.78. The summed E-state index contributed by atoms with van der Waals surface area (Å²) in [5.41, 5.74) is 1.07. The third kappa shape index (κ3) is 5.60. The summed E-state index contributed by atoms with van der Waals surface area (Å²) in [6.45, 7) is 0.0928. The number of carbonyl (C=O) groups excluding carboxylic acids is 1. The number of amides is 1. The summed E-state index contributed by atoms with van der Waals surface area (Å²) >= 11 is 13.9. The molecule has 0 heterocycles. The first-order valence-corrected chi connectivity index (χ1v) is 9.69. The Bertz CT molecular complexity index is 588. The van der Waals surface area contributed by atoms with Crippen LogP contribution < -0.4 is 5.32 Å². The van der Waals surface area contributed by atoms with Crippen LogP contribution in [0.25, 0.3) is 0 Å². The number of nitrogens with zero attached hydrogens (tertiary/aromatic N) is 1. The number of hydrogen-bond donors (Lipinski definition) is 1. The number of rotatable bonds is 6. The Hall–Kier alpha value is -0.890. The molecule has 0 radical (unpaired) electrons. The fourth-order valence-electron chi connectivity index (χ4n) is 2.97. The quantitative estimate of drug-likeness (QED) is 0.739. The van der Waals surface area contributed by atoms with Gasteiger partial charge in [-0.05, 0) is 42.2 Å². The number of hydrogen-bond acceptors (Lipinski definition) is 3. The molecule has 2 rings (SSSR count). The van der Waals surface area contributed by atoms with Gasteiger partial charge in [-0.1, -0.05) is 42.1 Å². The van der Waals surface area contributed by atoms with Crippen LogP contribution in [0.5, 0.6) is 0 Å². The van der Waals surface area contributed by atoms with E-state index in [4.69, 9.17) is 28.5 Å². The maximum atomic E-state index is 12.2. The lowest BCUT2D eigenvalue weighted by molar-refractivity contribution is -0.127. The van der Waals surface area contributed by atoms with Crippen LogP contribution in [0.3, 0.4) is 0 Å². The van der Waals surface area contributed by atoms with Gasteiger partial charge in [0.05, 0.1) is 6.07 Å². The number of thioether (sulfide) groups is 1. The SMILES string of the molecule is N#CCNC(=O)[C@@H]1CCCC[C@H]1CSCc1ccc(Cl)cc1Cl. The molecule has 6 heteroatoms. The highest BCUT2D eigenvalue weighted by molar-refractivity contribution is 7.98. The van der Waals surface area contributed by atoms with E-state index in [0.29, 0.717) is 16.0 Å². The van der Waals surface area contributed by atoms with Gasteiger partial charge in [0.2, 0.25) is 5.91 Å². The highest BCUT2D eigenvalue weighted by Gasteiger charge is 2.30. The van der Waals surface area contributed by atoms with Crippen molar-refractivity contribution >= 4 is 40.9 Å². The molecule has 3 nitrogen and oxygen atoms in total. The van der Waals surface area contributed by atoms with Crippen LogP contribution in [-0.2, 0) is 10.5 Å². The van der Waals surface area contributed by atoms with Crippen molar-refractivity contribution in [1.82, 2.24) is 5.32 Å². The van der Waals surface area contributed by atoms with Crippen LogP contribution in [0.2, 0.25) is 10.0 Å². The second-order valence-electron chi connectivity index (χ2n) is 5.78. The van der Waals surface area contributed by atoms with Crippen molar-refractivity contribution in [3.8, 4) is 6.07 Å². The number of nitriles is 1. The molecule has 1 aliphatic carbocycles. The minimum atomic E-state index is 0.0291. The lowest BCUT2D eigenvalue weighted by atomic mass is 9.80. The zero-order valence-electron chi connectivity index (χ0n) is 12.9. The second kappa shape index (κ2) is 9.42. The van der Waals surface area contributed by atoms with E-state index in [1.807, 2.05) is 18.2 Å². The summed E-state index contributed by atoms with van der Waals surface area (Å²) in [6, 6.07) is 7.53. The summed E-state index contributed by atoms with van der Waals surface area (Å²) in [5, 5.41) is 12.6. The maximum Gasteiger partial charge on any atom is 0.224 e. The van der Waals surface area contributed by atoms with Crippen LogP contribution in [0.15, 0.2) is 18.2 Å². The Balaban J connectivity index is 1.87. The van der Waals surface area contributed by atoms with E-state index in [-0.39, 0.29) is 18.4 Å². The maximum absolute atomic E-state index is 12.2. The lowest BCUT2D eigenvalue weighted by Crippen LogP contribution is -2.37. The highest BCUT2D eigenvalue weighted by Crippen LogP contribution is 2.34. The summed E-state index contributed by atoms with van der Waals surface area (Å²) < 4.78 is 0. The van der Waals surface area contributed by atoms with Crippen molar-refractivity contribution in [3.63, 3.8) is 0 Å². The molecule has 1 amide bonds. The Morgan fingerprint density at radius 2 is 2.13 bits per heavy atom. The van der Waals surface area contributed by atoms with E-state index in [9.17, 15) is 4.79 Å². The fraction of sp³-hybridized carbons (Fsp3) is 0.529. The molecule has 2 atom stereocenters. The average Bonchev–Trinajstić information content (AvgIpc) is 2.55. The first kappa shape index (κ1) is 18.4. The zero-order chi connectivity index (χ0) is 16.7. The molecule has 1 saturated carbocycles. The van der Waals surface area contributed by atoms with Crippen LogP contribution >= 0.6 is 35.0 Å². The predicted octanol–water partition coefficient (Wildman–Crippen LogP) is 4.67. The predicted molar refractivity (Wildman–Crippen MR) is 96.7 cm³/mol. The molecular formula is C17H20Cl2N2OS. The Morgan fingerprint density at radius 3 is 2.87 bits per heavy atom. The molecule has 0 aliphatic heterocycles. The number of halogens is 2. The van der Waals surface area contributed by atoms with Crippen LogP contribution in [-0.4, -0.2) is 18.2 Å². The zero-order valence-corrected chi connectivity index (χ0v) is 15.2. The van der Waals surface area contributed by atoms with Crippen LogP contribution in [0.4, 0.5) is 0 Å². The van der Waals surface area contributed by atoms with E-state index in [0.717, 1.165) is 36.3 Å². The van der Waals surface area contributed by atoms with E-state index in [1.165, 1.54) is 6.42 Å². The highest BCUT2D eigenvalue weighted by atomic mass is 35.5. The van der Waals surface area contributed by atoms with Crippen LogP contribution in [0.1, 0.15) is 31.2 Å². The van der Waals surface area contributed by atoms with Gasteiger partial charge in [-0.15, -0.1) is 0 Å². The third-order valence-electron chi connectivity index (χ3n) is 4.19. The van der Waals surface area contributed by atoms with Crippen molar-refractivity contribution in [2.24, 2.45) is 11.8 Å². The number of benzene rings is 1. The molecule has 1 N–H and O–H groups in total. The minimum absolute atomic E-state index is 0.0291. The first-order chi connectivity index (χ1) is 11.1. The topological polar surface area (TPSA) is 52.9 Å². The van der Waals surface area contributed by atoms with Crippen molar-refractivity contribution in [1.29, 1.82) is 5.26 Å². The van der Waals surface area contributed by atoms with E-state index in [2.05, 4.69) is 5.32 Å². The van der Waals surface area contributed by atoms with Gasteiger partial charge in [0.15, 0.2) is 0 Å². The standard InChI is InChI=1S/C17H20Cl2N2OS/c18-14-6-5-13(16(19)9-14)11-23-10-12-3-1-2-4-15(12)17(22)21-8-7-20/h5-6,9,12,15H,1-4,8,10-11H2,(H,21,22)/t12-,15+/m0/s1. The molecule has 1 aromatic carbocycles. The molecule has 0 aromatic heterocycles. The van der Waals surface area contributed by atoms with Crippen molar-refractivity contribution < 1.29 is 4.79 Å². The van der Waals surface area contributed by atoms with E-state index >= 15 is 0 Å². The molecule has 0 unspecified atom stereocenters. The third-order valence-corrected chi connectivity index (χ3v) is 5.96. The second-order valence-corrected chi connectivity index (χ2v) is 7.65. The Labute approximate surface area is 151 Å². The van der Waals surface area contributed by atoms with E-state index < -0.39 is 0 Å². The number of nitrogens with one attached hydrogen (secondary N) is 1. The summed E-state index contributed by atoms with van der Waals surface area (Å²) in [5.74, 6) is 2.19. The van der Waals surface area contributed by atoms with Gasteiger partial charge in [-0.25, -0.2) is 0 Å². The van der Waals surface area contributed by atoms with Gasteiger partial charge in [-0.2, -0.15) is 17.0 Å². The van der Waals surface area contributed by atoms with Gasteiger partial charge in [0.1, 0.15) is 6.54 Å². The molecule has 23 heavy (non-hydrogen) atoms. The average molecular weight is 371 g/mol.